The van der Waals surface area contributed by atoms with Crippen molar-refractivity contribution < 1.29 is 14.3 Å². The van der Waals surface area contributed by atoms with Crippen LogP contribution in [0, 0.1) is 0 Å². The van der Waals surface area contributed by atoms with Gasteiger partial charge in [-0.15, -0.1) is 11.3 Å². The molecule has 0 saturated carbocycles. The monoisotopic (exact) mass is 394 g/mol. The number of carbonyl (C=O) groups is 2. The van der Waals surface area contributed by atoms with E-state index in [0.29, 0.717) is 22.2 Å². The predicted octanol–water partition coefficient (Wildman–Crippen LogP) is 4.65. The van der Waals surface area contributed by atoms with Crippen LogP contribution in [0.5, 0.6) is 5.75 Å². The number of benzene rings is 2. The normalized spacial score (nSPS) is 10.7. The SMILES string of the molecule is CC(C)c1ccc(OCC(=O)Nc2sc(-c3ccccc3)cc2C(N)=O)cc1. The van der Waals surface area contributed by atoms with Gasteiger partial charge in [-0.05, 0) is 35.2 Å². The molecule has 1 heterocycles. The van der Waals surface area contributed by atoms with Crippen LogP contribution < -0.4 is 15.8 Å². The number of ether oxygens (including phenoxy) is 1. The second-order valence-electron chi connectivity index (χ2n) is 6.64. The maximum absolute atomic E-state index is 12.3. The molecule has 0 fully saturated rings. The first-order valence-electron chi connectivity index (χ1n) is 8.95. The van der Waals surface area contributed by atoms with Crippen LogP contribution >= 0.6 is 11.3 Å². The van der Waals surface area contributed by atoms with Gasteiger partial charge in [-0.2, -0.15) is 0 Å². The summed E-state index contributed by atoms with van der Waals surface area (Å²) in [6.07, 6.45) is 0. The molecule has 6 heteroatoms. The Morgan fingerprint density at radius 3 is 2.36 bits per heavy atom. The summed E-state index contributed by atoms with van der Waals surface area (Å²) in [5, 5.41) is 3.16. The molecule has 5 nitrogen and oxygen atoms in total. The van der Waals surface area contributed by atoms with Crippen molar-refractivity contribution in [2.45, 2.75) is 19.8 Å². The number of thiophene rings is 1. The van der Waals surface area contributed by atoms with Crippen molar-refractivity contribution in [1.82, 2.24) is 0 Å². The second kappa shape index (κ2) is 8.71. The molecule has 2 amide bonds. The number of carbonyl (C=O) groups excluding carboxylic acids is 2. The quantitative estimate of drug-likeness (QED) is 0.612. The van der Waals surface area contributed by atoms with Crippen molar-refractivity contribution in [3.8, 4) is 16.2 Å². The van der Waals surface area contributed by atoms with Gasteiger partial charge in [0.2, 0.25) is 0 Å². The Balaban J connectivity index is 1.67. The van der Waals surface area contributed by atoms with Crippen LogP contribution in [0.4, 0.5) is 5.00 Å². The van der Waals surface area contributed by atoms with E-state index in [9.17, 15) is 9.59 Å². The predicted molar refractivity (Wildman–Crippen MR) is 113 cm³/mol. The van der Waals surface area contributed by atoms with Crippen LogP contribution in [0.2, 0.25) is 0 Å². The topological polar surface area (TPSA) is 81.4 Å². The smallest absolute Gasteiger partial charge is 0.262 e. The fraction of sp³-hybridized carbons (Fsp3) is 0.182. The highest BCUT2D eigenvalue weighted by molar-refractivity contribution is 7.20. The molecule has 0 aliphatic rings. The van der Waals surface area contributed by atoms with Crippen LogP contribution in [0.15, 0.2) is 60.7 Å². The highest BCUT2D eigenvalue weighted by Crippen LogP contribution is 2.35. The van der Waals surface area contributed by atoms with Crippen LogP contribution in [0.25, 0.3) is 10.4 Å². The third kappa shape index (κ3) is 4.78. The lowest BCUT2D eigenvalue weighted by Crippen LogP contribution is -2.21. The third-order valence-corrected chi connectivity index (χ3v) is 5.33. The third-order valence-electron chi connectivity index (χ3n) is 4.23. The number of amides is 2. The Morgan fingerprint density at radius 1 is 1.07 bits per heavy atom. The maximum Gasteiger partial charge on any atom is 0.262 e. The van der Waals surface area contributed by atoms with E-state index in [4.69, 9.17) is 10.5 Å². The van der Waals surface area contributed by atoms with E-state index in [1.54, 1.807) is 6.07 Å². The molecular formula is C22H22N2O3S. The molecule has 0 radical (unpaired) electrons. The maximum atomic E-state index is 12.3. The van der Waals surface area contributed by atoms with Crippen LogP contribution in [0.3, 0.4) is 0 Å². The van der Waals surface area contributed by atoms with Crippen LogP contribution in [-0.4, -0.2) is 18.4 Å². The van der Waals surface area contributed by atoms with Crippen molar-refractivity contribution in [3.63, 3.8) is 0 Å². The van der Waals surface area contributed by atoms with Crippen molar-refractivity contribution in [1.29, 1.82) is 0 Å². The fourth-order valence-corrected chi connectivity index (χ4v) is 3.76. The summed E-state index contributed by atoms with van der Waals surface area (Å²) >= 11 is 1.31. The molecule has 3 rings (SSSR count). The van der Waals surface area contributed by atoms with Crippen molar-refractivity contribution in [2.24, 2.45) is 5.73 Å². The van der Waals surface area contributed by atoms with Crippen LogP contribution in [0.1, 0.15) is 35.7 Å². The van der Waals surface area contributed by atoms with E-state index in [2.05, 4.69) is 19.2 Å². The molecule has 3 aromatic rings. The van der Waals surface area contributed by atoms with E-state index in [1.807, 2.05) is 54.6 Å². The van der Waals surface area contributed by atoms with Crippen molar-refractivity contribution in [2.75, 3.05) is 11.9 Å². The van der Waals surface area contributed by atoms with Gasteiger partial charge < -0.3 is 15.8 Å². The Labute approximate surface area is 168 Å². The summed E-state index contributed by atoms with van der Waals surface area (Å²) < 4.78 is 5.54. The summed E-state index contributed by atoms with van der Waals surface area (Å²) in [5.41, 5.74) is 7.92. The van der Waals surface area contributed by atoms with Gasteiger partial charge in [0, 0.05) is 4.88 Å². The highest BCUT2D eigenvalue weighted by atomic mass is 32.1. The largest absolute Gasteiger partial charge is 0.484 e. The summed E-state index contributed by atoms with van der Waals surface area (Å²) in [6, 6.07) is 19.0. The molecule has 0 aliphatic heterocycles. The minimum Gasteiger partial charge on any atom is -0.484 e. The molecule has 3 N–H and O–H groups in total. The van der Waals surface area contributed by atoms with E-state index < -0.39 is 5.91 Å². The first-order chi connectivity index (χ1) is 13.4. The first kappa shape index (κ1) is 19.6. The molecule has 0 spiro atoms. The van der Waals surface area contributed by atoms with E-state index >= 15 is 0 Å². The van der Waals surface area contributed by atoms with Crippen LogP contribution in [-0.2, 0) is 4.79 Å². The number of hydrogen-bond acceptors (Lipinski definition) is 4. The molecule has 28 heavy (non-hydrogen) atoms. The number of nitrogens with two attached hydrogens (primary N) is 1. The Morgan fingerprint density at radius 2 is 1.75 bits per heavy atom. The molecule has 0 unspecified atom stereocenters. The number of primary amides is 1. The second-order valence-corrected chi connectivity index (χ2v) is 7.70. The zero-order chi connectivity index (χ0) is 20.1. The fourth-order valence-electron chi connectivity index (χ4n) is 2.67. The zero-order valence-corrected chi connectivity index (χ0v) is 16.6. The Bertz CT molecular complexity index is 963. The lowest BCUT2D eigenvalue weighted by Gasteiger charge is -2.09. The minimum absolute atomic E-state index is 0.155. The number of rotatable bonds is 7. The highest BCUT2D eigenvalue weighted by Gasteiger charge is 2.17. The molecule has 0 bridgehead atoms. The van der Waals surface area contributed by atoms with Gasteiger partial charge in [-0.25, -0.2) is 0 Å². The minimum atomic E-state index is -0.584. The van der Waals surface area contributed by atoms with Gasteiger partial charge in [-0.3, -0.25) is 9.59 Å². The van der Waals surface area contributed by atoms with E-state index in [-0.39, 0.29) is 12.5 Å². The first-order valence-corrected chi connectivity index (χ1v) is 9.77. The summed E-state index contributed by atoms with van der Waals surface area (Å²) in [7, 11) is 0. The van der Waals surface area contributed by atoms with Gasteiger partial charge in [0.15, 0.2) is 6.61 Å². The Kier molecular flexibility index (Phi) is 6.11. The molecule has 1 aromatic heterocycles. The standard InChI is InChI=1S/C22H22N2O3S/c1-14(2)15-8-10-17(11-9-15)27-13-20(25)24-22-18(21(23)26)12-19(28-22)16-6-4-3-5-7-16/h3-12,14H,13H2,1-2H3,(H2,23,26)(H,24,25). The van der Waals surface area contributed by atoms with Gasteiger partial charge >= 0.3 is 0 Å². The Hall–Kier alpha value is -3.12. The number of anilines is 1. The number of nitrogens with one attached hydrogen (secondary N) is 1. The molecule has 144 valence electrons. The van der Waals surface area contributed by atoms with Gasteiger partial charge in [0.05, 0.1) is 5.56 Å². The van der Waals surface area contributed by atoms with Gasteiger partial charge in [0.1, 0.15) is 10.8 Å². The summed E-state index contributed by atoms with van der Waals surface area (Å²) in [6.45, 7) is 4.08. The van der Waals surface area contributed by atoms with E-state index in [0.717, 1.165) is 10.4 Å². The molecule has 0 saturated heterocycles. The average Bonchev–Trinajstić information content (AvgIpc) is 3.11. The number of hydrogen-bond donors (Lipinski definition) is 2. The molecule has 2 aromatic carbocycles. The van der Waals surface area contributed by atoms with Crippen molar-refractivity contribution in [3.05, 3.63) is 71.8 Å². The summed E-state index contributed by atoms with van der Waals surface area (Å²) in [5.74, 6) is 0.115. The lowest BCUT2D eigenvalue weighted by molar-refractivity contribution is -0.118. The van der Waals surface area contributed by atoms with Gasteiger partial charge in [-0.1, -0.05) is 56.3 Å². The van der Waals surface area contributed by atoms with Gasteiger partial charge in [0.25, 0.3) is 11.8 Å². The zero-order valence-electron chi connectivity index (χ0n) is 15.8. The van der Waals surface area contributed by atoms with E-state index in [1.165, 1.54) is 16.9 Å². The summed E-state index contributed by atoms with van der Waals surface area (Å²) in [4.78, 5) is 24.9. The molecule has 0 aliphatic carbocycles. The lowest BCUT2D eigenvalue weighted by atomic mass is 10.0. The van der Waals surface area contributed by atoms with Crippen molar-refractivity contribution >= 4 is 28.2 Å². The molecular weight excluding hydrogens is 372 g/mol. The average molecular weight is 394 g/mol. The molecule has 0 atom stereocenters.